The standard InChI is InChI=1S/C13H23NO2/c1-10(2)7-13(4,15)9-14-11(3)12-5-6-16-8-12/h5-6,8,10-11,14-15H,7,9H2,1-4H3. The van der Waals surface area contributed by atoms with Gasteiger partial charge in [0, 0.05) is 18.2 Å². The maximum atomic E-state index is 10.1. The van der Waals surface area contributed by atoms with E-state index in [1.807, 2.05) is 13.0 Å². The van der Waals surface area contributed by atoms with E-state index in [-0.39, 0.29) is 6.04 Å². The molecule has 0 fully saturated rings. The quantitative estimate of drug-likeness (QED) is 0.782. The first-order valence-corrected chi connectivity index (χ1v) is 5.88. The van der Waals surface area contributed by atoms with E-state index in [2.05, 4.69) is 26.1 Å². The molecule has 0 aromatic carbocycles. The SMILES string of the molecule is CC(C)CC(C)(O)CNC(C)c1ccoc1. The van der Waals surface area contributed by atoms with Crippen molar-refractivity contribution < 1.29 is 9.52 Å². The number of rotatable bonds is 6. The molecule has 0 saturated carbocycles. The zero-order chi connectivity index (χ0) is 12.2. The molecule has 3 heteroatoms. The van der Waals surface area contributed by atoms with Crippen LogP contribution in [0, 0.1) is 5.92 Å². The average Bonchev–Trinajstić information content (AvgIpc) is 2.64. The summed E-state index contributed by atoms with van der Waals surface area (Å²) in [7, 11) is 0. The van der Waals surface area contributed by atoms with Crippen LogP contribution in [0.3, 0.4) is 0 Å². The van der Waals surface area contributed by atoms with Gasteiger partial charge in [0.1, 0.15) is 0 Å². The summed E-state index contributed by atoms with van der Waals surface area (Å²) in [6.07, 6.45) is 4.20. The summed E-state index contributed by atoms with van der Waals surface area (Å²) >= 11 is 0. The fraction of sp³-hybridized carbons (Fsp3) is 0.692. The summed E-state index contributed by atoms with van der Waals surface area (Å²) < 4.78 is 5.03. The Morgan fingerprint density at radius 3 is 2.62 bits per heavy atom. The molecule has 0 bridgehead atoms. The van der Waals surface area contributed by atoms with Gasteiger partial charge in [-0.1, -0.05) is 13.8 Å². The van der Waals surface area contributed by atoms with Gasteiger partial charge in [-0.05, 0) is 32.3 Å². The minimum absolute atomic E-state index is 0.206. The van der Waals surface area contributed by atoms with Crippen molar-refractivity contribution in [2.75, 3.05) is 6.54 Å². The highest BCUT2D eigenvalue weighted by Gasteiger charge is 2.22. The predicted octanol–water partition coefficient (Wildman–Crippen LogP) is 2.73. The van der Waals surface area contributed by atoms with Crippen molar-refractivity contribution in [3.8, 4) is 0 Å². The molecule has 2 unspecified atom stereocenters. The maximum absolute atomic E-state index is 10.1. The molecule has 1 aromatic rings. The molecule has 92 valence electrons. The van der Waals surface area contributed by atoms with Gasteiger partial charge in [-0.15, -0.1) is 0 Å². The van der Waals surface area contributed by atoms with Gasteiger partial charge in [-0.2, -0.15) is 0 Å². The lowest BCUT2D eigenvalue weighted by Gasteiger charge is -2.27. The third kappa shape index (κ3) is 4.37. The van der Waals surface area contributed by atoms with Crippen molar-refractivity contribution in [3.63, 3.8) is 0 Å². The molecule has 0 aliphatic carbocycles. The maximum Gasteiger partial charge on any atom is 0.0950 e. The largest absolute Gasteiger partial charge is 0.472 e. The average molecular weight is 225 g/mol. The first kappa shape index (κ1) is 13.3. The van der Waals surface area contributed by atoms with Crippen LogP contribution in [0.1, 0.15) is 45.7 Å². The van der Waals surface area contributed by atoms with E-state index in [4.69, 9.17) is 4.42 Å². The Labute approximate surface area is 97.9 Å². The lowest BCUT2D eigenvalue weighted by atomic mass is 9.94. The predicted molar refractivity (Wildman–Crippen MR) is 65.2 cm³/mol. The zero-order valence-electron chi connectivity index (χ0n) is 10.7. The number of hydrogen-bond donors (Lipinski definition) is 2. The number of nitrogens with one attached hydrogen (secondary N) is 1. The van der Waals surface area contributed by atoms with Gasteiger partial charge in [0.05, 0.1) is 18.1 Å². The normalized spacial score (nSPS) is 17.4. The van der Waals surface area contributed by atoms with E-state index in [0.717, 1.165) is 12.0 Å². The topological polar surface area (TPSA) is 45.4 Å². The summed E-state index contributed by atoms with van der Waals surface area (Å²) in [5.41, 5.74) is 0.465. The molecular weight excluding hydrogens is 202 g/mol. The van der Waals surface area contributed by atoms with Crippen molar-refractivity contribution in [3.05, 3.63) is 24.2 Å². The molecule has 0 amide bonds. The fourth-order valence-corrected chi connectivity index (χ4v) is 1.96. The van der Waals surface area contributed by atoms with E-state index < -0.39 is 5.60 Å². The Morgan fingerprint density at radius 2 is 2.12 bits per heavy atom. The monoisotopic (exact) mass is 225 g/mol. The summed E-state index contributed by atoms with van der Waals surface area (Å²) in [5, 5.41) is 13.5. The van der Waals surface area contributed by atoms with E-state index in [9.17, 15) is 5.11 Å². The molecule has 2 N–H and O–H groups in total. The van der Waals surface area contributed by atoms with Crippen LogP contribution in [0.25, 0.3) is 0 Å². The van der Waals surface area contributed by atoms with E-state index in [1.54, 1.807) is 12.5 Å². The second-order valence-electron chi connectivity index (χ2n) is 5.25. The van der Waals surface area contributed by atoms with Crippen LogP contribution in [0.4, 0.5) is 0 Å². The Hall–Kier alpha value is -0.800. The molecule has 0 spiro atoms. The Morgan fingerprint density at radius 1 is 1.44 bits per heavy atom. The number of aliphatic hydroxyl groups is 1. The van der Waals surface area contributed by atoms with Gasteiger partial charge in [-0.3, -0.25) is 0 Å². The first-order chi connectivity index (χ1) is 7.41. The lowest BCUT2D eigenvalue weighted by molar-refractivity contribution is 0.0363. The van der Waals surface area contributed by atoms with Gasteiger partial charge >= 0.3 is 0 Å². The molecule has 1 rings (SSSR count). The van der Waals surface area contributed by atoms with Gasteiger partial charge < -0.3 is 14.8 Å². The zero-order valence-corrected chi connectivity index (χ0v) is 10.7. The van der Waals surface area contributed by atoms with Crippen LogP contribution in [-0.4, -0.2) is 17.3 Å². The van der Waals surface area contributed by atoms with Crippen LogP contribution in [-0.2, 0) is 0 Å². The third-order valence-corrected chi connectivity index (χ3v) is 2.68. The number of furan rings is 1. The molecule has 1 heterocycles. The van der Waals surface area contributed by atoms with Crippen molar-refractivity contribution in [2.45, 2.75) is 45.8 Å². The molecule has 3 nitrogen and oxygen atoms in total. The second kappa shape index (κ2) is 5.51. The smallest absolute Gasteiger partial charge is 0.0950 e. The van der Waals surface area contributed by atoms with E-state index >= 15 is 0 Å². The highest BCUT2D eigenvalue weighted by Crippen LogP contribution is 2.18. The minimum Gasteiger partial charge on any atom is -0.472 e. The summed E-state index contributed by atoms with van der Waals surface area (Å²) in [4.78, 5) is 0. The molecule has 0 radical (unpaired) electrons. The van der Waals surface area contributed by atoms with Crippen molar-refractivity contribution >= 4 is 0 Å². The van der Waals surface area contributed by atoms with Crippen molar-refractivity contribution in [1.82, 2.24) is 5.32 Å². The molecule has 2 atom stereocenters. The highest BCUT2D eigenvalue weighted by atomic mass is 16.3. The van der Waals surface area contributed by atoms with Crippen LogP contribution in [0.5, 0.6) is 0 Å². The Bertz CT molecular complexity index is 291. The van der Waals surface area contributed by atoms with Crippen LogP contribution in [0.2, 0.25) is 0 Å². The fourth-order valence-electron chi connectivity index (χ4n) is 1.96. The highest BCUT2D eigenvalue weighted by molar-refractivity contribution is 5.10. The van der Waals surface area contributed by atoms with Gasteiger partial charge in [0.25, 0.3) is 0 Å². The molecular formula is C13H23NO2. The Kier molecular flexibility index (Phi) is 4.56. The minimum atomic E-state index is -0.647. The summed E-state index contributed by atoms with van der Waals surface area (Å²) in [5.74, 6) is 0.501. The molecule has 0 aliphatic rings. The van der Waals surface area contributed by atoms with Crippen LogP contribution in [0.15, 0.2) is 23.0 Å². The van der Waals surface area contributed by atoms with Gasteiger partial charge in [0.2, 0.25) is 0 Å². The molecule has 0 aliphatic heterocycles. The molecule has 16 heavy (non-hydrogen) atoms. The Balaban J connectivity index is 2.39. The molecule has 0 saturated heterocycles. The van der Waals surface area contributed by atoms with Gasteiger partial charge in [-0.25, -0.2) is 0 Å². The summed E-state index contributed by atoms with van der Waals surface area (Å²) in [6.45, 7) is 8.78. The lowest BCUT2D eigenvalue weighted by Crippen LogP contribution is -2.39. The van der Waals surface area contributed by atoms with E-state index in [1.165, 1.54) is 0 Å². The number of hydrogen-bond acceptors (Lipinski definition) is 3. The van der Waals surface area contributed by atoms with Crippen LogP contribution >= 0.6 is 0 Å². The van der Waals surface area contributed by atoms with E-state index in [0.29, 0.717) is 12.5 Å². The third-order valence-electron chi connectivity index (χ3n) is 2.68. The van der Waals surface area contributed by atoms with Crippen molar-refractivity contribution in [1.29, 1.82) is 0 Å². The first-order valence-electron chi connectivity index (χ1n) is 5.88. The van der Waals surface area contributed by atoms with Crippen LogP contribution < -0.4 is 5.32 Å². The van der Waals surface area contributed by atoms with Gasteiger partial charge in [0.15, 0.2) is 0 Å². The summed E-state index contributed by atoms with van der Waals surface area (Å²) in [6, 6.07) is 2.15. The molecule has 1 aromatic heterocycles. The second-order valence-corrected chi connectivity index (χ2v) is 5.25. The van der Waals surface area contributed by atoms with Crippen molar-refractivity contribution in [2.24, 2.45) is 5.92 Å².